The molecule has 2 heterocycles. The molecular weight excluding hydrogens is 398 g/mol. The molecule has 0 bridgehead atoms. The number of aryl methyl sites for hydroxylation is 1. The van der Waals surface area contributed by atoms with Crippen LogP contribution in [0.4, 0.5) is 0 Å². The lowest BCUT2D eigenvalue weighted by atomic mass is 10.1. The summed E-state index contributed by atoms with van der Waals surface area (Å²) in [4.78, 5) is 4.84. The van der Waals surface area contributed by atoms with Crippen molar-refractivity contribution in [2.24, 2.45) is 0 Å². The van der Waals surface area contributed by atoms with E-state index in [1.807, 2.05) is 61.5 Å². The number of nitrogens with zero attached hydrogens (tertiary/aromatic N) is 3. The number of benzene rings is 3. The van der Waals surface area contributed by atoms with E-state index in [9.17, 15) is 8.42 Å². The standard InChI is InChI=1S/C23H21N3O3S/c1-16-11-13-18(14-12-16)22-24-23(29-25-22)20-9-5-15-26(20)30(27,28)21-10-4-7-17-6-2-3-8-19(17)21/h2-4,6-8,10-14,20H,5,9,15H2,1H3. The van der Waals surface area contributed by atoms with E-state index in [1.54, 1.807) is 12.1 Å². The third-order valence-corrected chi connectivity index (χ3v) is 7.54. The SMILES string of the molecule is Cc1ccc(-c2noc(C3CCCN3S(=O)(=O)c3cccc4ccccc34)n2)cc1. The Morgan fingerprint density at radius 1 is 1.00 bits per heavy atom. The molecule has 5 rings (SSSR count). The monoisotopic (exact) mass is 419 g/mol. The van der Waals surface area contributed by atoms with E-state index in [1.165, 1.54) is 4.31 Å². The zero-order chi connectivity index (χ0) is 20.7. The molecule has 0 amide bonds. The van der Waals surface area contributed by atoms with Gasteiger partial charge in [-0.1, -0.05) is 71.4 Å². The highest BCUT2D eigenvalue weighted by Crippen LogP contribution is 2.38. The molecule has 1 saturated heterocycles. The molecule has 0 spiro atoms. The second-order valence-corrected chi connectivity index (χ2v) is 9.43. The maximum Gasteiger partial charge on any atom is 0.245 e. The molecule has 0 aliphatic carbocycles. The van der Waals surface area contributed by atoms with E-state index in [-0.39, 0.29) is 0 Å². The lowest BCUT2D eigenvalue weighted by Gasteiger charge is -2.22. The van der Waals surface area contributed by atoms with E-state index in [4.69, 9.17) is 4.52 Å². The van der Waals surface area contributed by atoms with Crippen molar-refractivity contribution in [3.8, 4) is 11.4 Å². The van der Waals surface area contributed by atoms with Crippen LogP contribution >= 0.6 is 0 Å². The molecule has 7 heteroatoms. The lowest BCUT2D eigenvalue weighted by molar-refractivity contribution is 0.291. The molecule has 3 aromatic carbocycles. The number of hydrogen-bond donors (Lipinski definition) is 0. The van der Waals surface area contributed by atoms with Crippen molar-refractivity contribution in [2.75, 3.05) is 6.54 Å². The van der Waals surface area contributed by atoms with Gasteiger partial charge in [0.25, 0.3) is 0 Å². The summed E-state index contributed by atoms with van der Waals surface area (Å²) in [5.74, 6) is 0.811. The van der Waals surface area contributed by atoms with Gasteiger partial charge < -0.3 is 4.52 Å². The molecule has 152 valence electrons. The first kappa shape index (κ1) is 19.0. The van der Waals surface area contributed by atoms with Gasteiger partial charge in [-0.3, -0.25) is 0 Å². The Labute approximate surface area is 175 Å². The summed E-state index contributed by atoms with van der Waals surface area (Å²) < 4.78 is 34.2. The Bertz CT molecular complexity index is 1310. The largest absolute Gasteiger partial charge is 0.337 e. The number of sulfonamides is 1. The van der Waals surface area contributed by atoms with Crippen LogP contribution in [-0.4, -0.2) is 29.4 Å². The summed E-state index contributed by atoms with van der Waals surface area (Å²) in [6, 6.07) is 20.3. The minimum Gasteiger partial charge on any atom is -0.337 e. The highest BCUT2D eigenvalue weighted by Gasteiger charge is 2.40. The molecular formula is C23H21N3O3S. The van der Waals surface area contributed by atoms with Crippen LogP contribution in [0.1, 0.15) is 30.3 Å². The van der Waals surface area contributed by atoms with Crippen LogP contribution in [0.25, 0.3) is 22.2 Å². The molecule has 1 aliphatic heterocycles. The molecule has 0 saturated carbocycles. The summed E-state index contributed by atoms with van der Waals surface area (Å²) in [5, 5.41) is 5.71. The third kappa shape index (κ3) is 3.20. The number of rotatable bonds is 4. The topological polar surface area (TPSA) is 76.3 Å². The van der Waals surface area contributed by atoms with Crippen LogP contribution in [0.15, 0.2) is 76.1 Å². The van der Waals surface area contributed by atoms with Crippen molar-refractivity contribution in [3.63, 3.8) is 0 Å². The van der Waals surface area contributed by atoms with E-state index >= 15 is 0 Å². The summed E-state index contributed by atoms with van der Waals surface area (Å²) >= 11 is 0. The molecule has 30 heavy (non-hydrogen) atoms. The van der Waals surface area contributed by atoms with Gasteiger partial charge in [0.1, 0.15) is 6.04 Å². The fourth-order valence-electron chi connectivity index (χ4n) is 4.01. The van der Waals surface area contributed by atoms with Crippen molar-refractivity contribution >= 4 is 20.8 Å². The molecule has 0 radical (unpaired) electrons. The Morgan fingerprint density at radius 3 is 2.60 bits per heavy atom. The average molecular weight is 420 g/mol. The molecule has 4 aromatic rings. The zero-order valence-electron chi connectivity index (χ0n) is 16.5. The minimum absolute atomic E-state index is 0.311. The van der Waals surface area contributed by atoms with Crippen LogP contribution in [0.2, 0.25) is 0 Å². The van der Waals surface area contributed by atoms with Crippen molar-refractivity contribution in [3.05, 3.63) is 78.2 Å². The second-order valence-electron chi connectivity index (χ2n) is 7.57. The first-order chi connectivity index (χ1) is 14.5. The summed E-state index contributed by atoms with van der Waals surface area (Å²) in [6.45, 7) is 2.44. The minimum atomic E-state index is -3.72. The van der Waals surface area contributed by atoms with Gasteiger partial charge in [-0.15, -0.1) is 0 Å². The van der Waals surface area contributed by atoms with E-state index in [2.05, 4.69) is 10.1 Å². The van der Waals surface area contributed by atoms with Gasteiger partial charge in [0.2, 0.25) is 21.7 Å². The van der Waals surface area contributed by atoms with E-state index in [0.717, 1.165) is 28.3 Å². The lowest BCUT2D eigenvalue weighted by Crippen LogP contribution is -2.31. The first-order valence-corrected chi connectivity index (χ1v) is 11.4. The van der Waals surface area contributed by atoms with Gasteiger partial charge in [-0.05, 0) is 31.2 Å². The molecule has 1 fully saturated rings. The molecule has 1 aliphatic rings. The van der Waals surface area contributed by atoms with Crippen molar-refractivity contribution < 1.29 is 12.9 Å². The van der Waals surface area contributed by atoms with Crippen LogP contribution in [-0.2, 0) is 10.0 Å². The quantitative estimate of drug-likeness (QED) is 0.478. The Balaban J connectivity index is 1.51. The fourth-order valence-corrected chi connectivity index (χ4v) is 5.88. The van der Waals surface area contributed by atoms with Gasteiger partial charge in [-0.2, -0.15) is 9.29 Å². The Kier molecular flexibility index (Phi) is 4.64. The zero-order valence-corrected chi connectivity index (χ0v) is 17.3. The number of fused-ring (bicyclic) bond motifs is 1. The smallest absolute Gasteiger partial charge is 0.245 e. The Hall–Kier alpha value is -3.03. The Morgan fingerprint density at radius 2 is 1.77 bits per heavy atom. The third-order valence-electron chi connectivity index (χ3n) is 5.58. The summed E-state index contributed by atoms with van der Waals surface area (Å²) in [6.07, 6.45) is 1.40. The summed E-state index contributed by atoms with van der Waals surface area (Å²) in [7, 11) is -3.72. The predicted molar refractivity (Wildman–Crippen MR) is 114 cm³/mol. The second kappa shape index (κ2) is 7.34. The first-order valence-electron chi connectivity index (χ1n) is 9.94. The van der Waals surface area contributed by atoms with Crippen LogP contribution in [0.5, 0.6) is 0 Å². The van der Waals surface area contributed by atoms with Crippen LogP contribution < -0.4 is 0 Å². The normalized spacial score (nSPS) is 17.6. The summed E-state index contributed by atoms with van der Waals surface area (Å²) in [5.41, 5.74) is 1.99. The maximum atomic E-state index is 13.6. The van der Waals surface area contributed by atoms with Crippen molar-refractivity contribution in [1.29, 1.82) is 0 Å². The fraction of sp³-hybridized carbons (Fsp3) is 0.217. The molecule has 1 unspecified atom stereocenters. The molecule has 0 N–H and O–H groups in total. The predicted octanol–water partition coefficient (Wildman–Crippen LogP) is 4.72. The van der Waals surface area contributed by atoms with E-state index in [0.29, 0.717) is 29.6 Å². The number of hydrogen-bond acceptors (Lipinski definition) is 5. The van der Waals surface area contributed by atoms with E-state index < -0.39 is 16.1 Å². The van der Waals surface area contributed by atoms with Gasteiger partial charge >= 0.3 is 0 Å². The van der Waals surface area contributed by atoms with Gasteiger partial charge in [0.15, 0.2) is 0 Å². The highest BCUT2D eigenvalue weighted by atomic mass is 32.2. The van der Waals surface area contributed by atoms with Crippen molar-refractivity contribution in [1.82, 2.24) is 14.4 Å². The van der Waals surface area contributed by atoms with Gasteiger partial charge in [0.05, 0.1) is 4.90 Å². The number of aromatic nitrogens is 2. The highest BCUT2D eigenvalue weighted by molar-refractivity contribution is 7.89. The van der Waals surface area contributed by atoms with Crippen molar-refractivity contribution in [2.45, 2.75) is 30.7 Å². The molecule has 6 nitrogen and oxygen atoms in total. The molecule has 1 atom stereocenters. The van der Waals surface area contributed by atoms with Crippen LogP contribution in [0.3, 0.4) is 0 Å². The average Bonchev–Trinajstić information content (AvgIpc) is 3.44. The maximum absolute atomic E-state index is 13.6. The molecule has 1 aromatic heterocycles. The van der Waals surface area contributed by atoms with Gasteiger partial charge in [0, 0.05) is 17.5 Å². The van der Waals surface area contributed by atoms with Gasteiger partial charge in [-0.25, -0.2) is 8.42 Å². The van der Waals surface area contributed by atoms with Crippen LogP contribution in [0, 0.1) is 6.92 Å².